The van der Waals surface area contributed by atoms with Gasteiger partial charge in [-0.3, -0.25) is 0 Å². The van der Waals surface area contributed by atoms with Crippen molar-refractivity contribution in [2.75, 3.05) is 5.88 Å². The fourth-order valence-corrected chi connectivity index (χ4v) is 0.912. The molecule has 2 nitrogen and oxygen atoms in total. The van der Waals surface area contributed by atoms with Gasteiger partial charge < -0.3 is 4.57 Å². The Labute approximate surface area is 71.5 Å². The number of rotatable bonds is 3. The summed E-state index contributed by atoms with van der Waals surface area (Å²) in [6.07, 6.45) is 8.64. The third kappa shape index (κ3) is 2.76. The molecule has 1 rings (SSSR count). The molecule has 3 heteroatoms. The molecule has 0 aliphatic rings. The van der Waals surface area contributed by atoms with Crippen molar-refractivity contribution >= 4 is 17.7 Å². The molecule has 0 aliphatic heterocycles. The van der Waals surface area contributed by atoms with Crippen LogP contribution in [0.15, 0.2) is 18.6 Å². The minimum absolute atomic E-state index is 0.670. The molecule has 1 heterocycles. The van der Waals surface area contributed by atoms with Crippen molar-refractivity contribution in [1.29, 1.82) is 0 Å². The van der Waals surface area contributed by atoms with Gasteiger partial charge in [-0.25, -0.2) is 4.98 Å². The van der Waals surface area contributed by atoms with E-state index in [0.29, 0.717) is 5.88 Å². The van der Waals surface area contributed by atoms with E-state index in [2.05, 4.69) is 4.98 Å². The van der Waals surface area contributed by atoms with Gasteiger partial charge in [-0.2, -0.15) is 0 Å². The van der Waals surface area contributed by atoms with Crippen molar-refractivity contribution in [3.63, 3.8) is 0 Å². The van der Waals surface area contributed by atoms with E-state index in [1.54, 1.807) is 6.33 Å². The molecule has 0 atom stereocenters. The smallest absolute Gasteiger partial charge is 0.0950 e. The summed E-state index contributed by atoms with van der Waals surface area (Å²) in [6.45, 7) is 0. The molecule has 0 unspecified atom stereocenters. The normalized spacial score (nSPS) is 11.1. The third-order valence-corrected chi connectivity index (χ3v) is 1.51. The topological polar surface area (TPSA) is 17.8 Å². The largest absolute Gasteiger partial charge is 0.340 e. The zero-order valence-corrected chi connectivity index (χ0v) is 7.25. The van der Waals surface area contributed by atoms with Crippen LogP contribution in [-0.2, 0) is 7.05 Å². The Bertz CT molecular complexity index is 240. The number of imidazole rings is 1. The minimum Gasteiger partial charge on any atom is -0.340 e. The first-order valence-corrected chi connectivity index (χ1v) is 4.07. The molecule has 0 N–H and O–H groups in total. The van der Waals surface area contributed by atoms with Crippen LogP contribution in [0.4, 0.5) is 0 Å². The lowest BCUT2D eigenvalue weighted by atomic mass is 10.3. The fraction of sp³-hybridized carbons (Fsp3) is 0.375. The highest BCUT2D eigenvalue weighted by Gasteiger charge is 1.87. The number of alkyl halides is 1. The van der Waals surface area contributed by atoms with E-state index in [1.807, 2.05) is 30.0 Å². The summed E-state index contributed by atoms with van der Waals surface area (Å²) in [5, 5.41) is 0. The lowest BCUT2D eigenvalue weighted by molar-refractivity contribution is 0.913. The lowest BCUT2D eigenvalue weighted by Gasteiger charge is -1.82. The Morgan fingerprint density at radius 2 is 2.55 bits per heavy atom. The van der Waals surface area contributed by atoms with Crippen molar-refractivity contribution in [3.05, 3.63) is 24.3 Å². The molecule has 0 aromatic carbocycles. The van der Waals surface area contributed by atoms with Crippen LogP contribution in [0.1, 0.15) is 12.1 Å². The van der Waals surface area contributed by atoms with E-state index in [0.717, 1.165) is 12.1 Å². The van der Waals surface area contributed by atoms with Crippen molar-refractivity contribution in [3.8, 4) is 0 Å². The summed E-state index contributed by atoms with van der Waals surface area (Å²) in [6, 6.07) is 0. The van der Waals surface area contributed by atoms with Crippen LogP contribution in [-0.4, -0.2) is 15.4 Å². The van der Waals surface area contributed by atoms with Gasteiger partial charge in [0, 0.05) is 19.1 Å². The number of aryl methyl sites for hydroxylation is 1. The van der Waals surface area contributed by atoms with Gasteiger partial charge in [-0.15, -0.1) is 11.6 Å². The number of nitrogens with zero attached hydrogens (tertiary/aromatic N) is 2. The average Bonchev–Trinajstić information content (AvgIpc) is 2.37. The van der Waals surface area contributed by atoms with Crippen LogP contribution in [0.2, 0.25) is 0 Å². The van der Waals surface area contributed by atoms with Gasteiger partial charge in [0.1, 0.15) is 0 Å². The second-order valence-electron chi connectivity index (χ2n) is 2.34. The molecule has 11 heavy (non-hydrogen) atoms. The van der Waals surface area contributed by atoms with Gasteiger partial charge in [-0.1, -0.05) is 6.08 Å². The van der Waals surface area contributed by atoms with Gasteiger partial charge >= 0.3 is 0 Å². The summed E-state index contributed by atoms with van der Waals surface area (Å²) in [7, 11) is 1.95. The van der Waals surface area contributed by atoms with Crippen LogP contribution >= 0.6 is 11.6 Å². The zero-order valence-electron chi connectivity index (χ0n) is 6.50. The Morgan fingerprint density at radius 1 is 1.73 bits per heavy atom. The summed E-state index contributed by atoms with van der Waals surface area (Å²) in [5.74, 6) is 0.670. The van der Waals surface area contributed by atoms with Crippen molar-refractivity contribution < 1.29 is 0 Å². The van der Waals surface area contributed by atoms with E-state index in [9.17, 15) is 0 Å². The molecule has 0 spiro atoms. The maximum atomic E-state index is 5.50. The Morgan fingerprint density at radius 3 is 3.09 bits per heavy atom. The maximum Gasteiger partial charge on any atom is 0.0950 e. The first-order valence-electron chi connectivity index (χ1n) is 3.53. The van der Waals surface area contributed by atoms with Gasteiger partial charge in [0.15, 0.2) is 0 Å². The Kier molecular flexibility index (Phi) is 3.17. The minimum atomic E-state index is 0.670. The number of hydrogen-bond acceptors (Lipinski definition) is 1. The van der Waals surface area contributed by atoms with Gasteiger partial charge in [0.2, 0.25) is 0 Å². The van der Waals surface area contributed by atoms with Crippen LogP contribution in [0.5, 0.6) is 0 Å². The monoisotopic (exact) mass is 170 g/mol. The van der Waals surface area contributed by atoms with Crippen LogP contribution in [0.3, 0.4) is 0 Å². The number of allylic oxidation sites excluding steroid dienone is 1. The summed E-state index contributed by atoms with van der Waals surface area (Å²) < 4.78 is 1.92. The van der Waals surface area contributed by atoms with Crippen molar-refractivity contribution in [2.24, 2.45) is 7.05 Å². The number of hydrogen-bond donors (Lipinski definition) is 0. The molecular weight excluding hydrogens is 160 g/mol. The van der Waals surface area contributed by atoms with E-state index in [1.165, 1.54) is 0 Å². The number of halogens is 1. The van der Waals surface area contributed by atoms with E-state index < -0.39 is 0 Å². The van der Waals surface area contributed by atoms with Crippen molar-refractivity contribution in [2.45, 2.75) is 6.42 Å². The van der Waals surface area contributed by atoms with E-state index in [4.69, 9.17) is 11.6 Å². The predicted molar refractivity (Wildman–Crippen MR) is 47.6 cm³/mol. The molecule has 1 aromatic heterocycles. The van der Waals surface area contributed by atoms with E-state index in [-0.39, 0.29) is 0 Å². The summed E-state index contributed by atoms with van der Waals surface area (Å²) in [4.78, 5) is 4.12. The summed E-state index contributed by atoms with van der Waals surface area (Å²) in [5.41, 5.74) is 0.984. The molecule has 1 aromatic rings. The molecule has 0 amide bonds. The quantitative estimate of drug-likeness (QED) is 0.635. The Hall–Kier alpha value is -0.760. The highest BCUT2D eigenvalue weighted by Crippen LogP contribution is 1.98. The molecule has 0 saturated heterocycles. The molecule has 0 aliphatic carbocycles. The molecule has 0 radical (unpaired) electrons. The second kappa shape index (κ2) is 4.19. The molecular formula is C8H11ClN2. The fourth-order valence-electron chi connectivity index (χ4n) is 0.786. The third-order valence-electron chi connectivity index (χ3n) is 1.29. The maximum absolute atomic E-state index is 5.50. The first kappa shape index (κ1) is 8.34. The Balaban J connectivity index is 2.50. The standard InChI is InChI=1S/C8H11ClN2/c1-11-6-8(10-7-11)4-2-3-5-9/h2,4,6-7H,3,5H2,1H3. The molecule has 0 saturated carbocycles. The predicted octanol–water partition coefficient (Wildman–Crippen LogP) is 2.06. The van der Waals surface area contributed by atoms with Crippen LogP contribution in [0, 0.1) is 0 Å². The second-order valence-corrected chi connectivity index (χ2v) is 2.72. The van der Waals surface area contributed by atoms with E-state index >= 15 is 0 Å². The zero-order chi connectivity index (χ0) is 8.10. The van der Waals surface area contributed by atoms with Gasteiger partial charge in [0.05, 0.1) is 12.0 Å². The number of aromatic nitrogens is 2. The molecule has 60 valence electrons. The highest BCUT2D eigenvalue weighted by molar-refractivity contribution is 6.17. The SMILES string of the molecule is Cn1cnc(C=CCCCl)c1. The average molecular weight is 171 g/mol. The molecule has 0 bridgehead atoms. The van der Waals surface area contributed by atoms with Gasteiger partial charge in [0.25, 0.3) is 0 Å². The first-order chi connectivity index (χ1) is 5.33. The summed E-state index contributed by atoms with van der Waals surface area (Å²) >= 11 is 5.50. The molecule has 0 fully saturated rings. The van der Waals surface area contributed by atoms with Crippen LogP contribution in [0.25, 0.3) is 6.08 Å². The lowest BCUT2D eigenvalue weighted by Crippen LogP contribution is -1.77. The van der Waals surface area contributed by atoms with Crippen molar-refractivity contribution in [1.82, 2.24) is 9.55 Å². The van der Waals surface area contributed by atoms with Gasteiger partial charge in [-0.05, 0) is 12.5 Å². The van der Waals surface area contributed by atoms with Crippen LogP contribution < -0.4 is 0 Å². The highest BCUT2D eigenvalue weighted by atomic mass is 35.5.